The van der Waals surface area contributed by atoms with E-state index in [9.17, 15) is 27.6 Å². The van der Waals surface area contributed by atoms with Gasteiger partial charge in [0.1, 0.15) is 11.5 Å². The van der Waals surface area contributed by atoms with Crippen LogP contribution in [-0.2, 0) is 35.2 Å². The number of esters is 1. The summed E-state index contributed by atoms with van der Waals surface area (Å²) >= 11 is 0. The molecule has 0 unspecified atom stereocenters. The van der Waals surface area contributed by atoms with Crippen molar-refractivity contribution in [1.29, 1.82) is 0 Å². The molecule has 1 aliphatic heterocycles. The molecule has 2 heterocycles. The number of amides is 3. The van der Waals surface area contributed by atoms with Crippen LogP contribution in [-0.4, -0.2) is 50.9 Å². The summed E-state index contributed by atoms with van der Waals surface area (Å²) in [6, 6.07) is 11.1. The van der Waals surface area contributed by atoms with E-state index in [-0.39, 0.29) is 31.2 Å². The van der Waals surface area contributed by atoms with Gasteiger partial charge < -0.3 is 9.30 Å². The van der Waals surface area contributed by atoms with Crippen LogP contribution in [0.15, 0.2) is 60.4 Å². The minimum atomic E-state index is -4.48. The van der Waals surface area contributed by atoms with Crippen molar-refractivity contribution in [3.8, 4) is 0 Å². The molecule has 0 spiro atoms. The molecule has 236 valence electrons. The van der Waals surface area contributed by atoms with Gasteiger partial charge in [-0.15, -0.1) is 12.4 Å². The van der Waals surface area contributed by atoms with Gasteiger partial charge in [0.05, 0.1) is 36.7 Å². The highest BCUT2D eigenvalue weighted by Gasteiger charge is 2.41. The lowest BCUT2D eigenvalue weighted by Gasteiger charge is -2.18. The Morgan fingerprint density at radius 1 is 0.909 bits per heavy atom. The molecule has 4 rings (SSSR count). The fourth-order valence-corrected chi connectivity index (χ4v) is 4.82. The molecule has 0 saturated carbocycles. The van der Waals surface area contributed by atoms with Crippen LogP contribution in [0.4, 0.5) is 18.0 Å². The highest BCUT2D eigenvalue weighted by atomic mass is 35.5. The number of nitrogens with zero attached hydrogens (tertiary/aromatic N) is 4. The van der Waals surface area contributed by atoms with Crippen molar-refractivity contribution in [3.63, 3.8) is 0 Å². The van der Waals surface area contributed by atoms with Crippen molar-refractivity contribution in [2.24, 2.45) is 0 Å². The number of rotatable bonds is 12. The minimum absolute atomic E-state index is 0. The van der Waals surface area contributed by atoms with Crippen LogP contribution in [0.5, 0.6) is 0 Å². The fourth-order valence-electron chi connectivity index (χ4n) is 4.82. The van der Waals surface area contributed by atoms with Crippen LogP contribution in [0, 0.1) is 0 Å². The lowest BCUT2D eigenvalue weighted by molar-refractivity contribution is -0.137. The van der Waals surface area contributed by atoms with Gasteiger partial charge in [-0.2, -0.15) is 13.2 Å². The molecule has 0 aliphatic carbocycles. The molecular weight excluding hydrogens is 597 g/mol. The van der Waals surface area contributed by atoms with E-state index in [1.165, 1.54) is 29.0 Å². The number of methoxy groups -OCH3 is 1. The van der Waals surface area contributed by atoms with Crippen LogP contribution in [0.3, 0.4) is 0 Å². The first kappa shape index (κ1) is 34.4. The number of urea groups is 1. The molecule has 12 heteroatoms. The largest absolute Gasteiger partial charge is 0.465 e. The van der Waals surface area contributed by atoms with E-state index in [1.807, 2.05) is 23.6 Å². The van der Waals surface area contributed by atoms with Gasteiger partial charge in [0.25, 0.3) is 5.91 Å². The van der Waals surface area contributed by atoms with Gasteiger partial charge in [-0.25, -0.2) is 14.6 Å². The predicted octanol–water partition coefficient (Wildman–Crippen LogP) is 7.11. The monoisotopic (exact) mass is 632 g/mol. The summed E-state index contributed by atoms with van der Waals surface area (Å²) in [5.74, 6) is -0.0938. The van der Waals surface area contributed by atoms with Gasteiger partial charge in [-0.1, -0.05) is 51.0 Å². The molecule has 3 amide bonds. The fraction of sp³-hybridized carbons (Fsp3) is 0.375. The normalized spacial score (nSPS) is 14.4. The number of carbonyl (C=O) groups excluding carboxylic acids is 3. The average Bonchev–Trinajstić information content (AvgIpc) is 3.47. The van der Waals surface area contributed by atoms with E-state index < -0.39 is 29.6 Å². The number of imide groups is 1. The van der Waals surface area contributed by atoms with Gasteiger partial charge in [-0.05, 0) is 54.3 Å². The number of imidazole rings is 1. The molecule has 8 nitrogen and oxygen atoms in total. The topological polar surface area (TPSA) is 84.7 Å². The van der Waals surface area contributed by atoms with Gasteiger partial charge in [0.15, 0.2) is 0 Å². The Morgan fingerprint density at radius 3 is 2.11 bits per heavy atom. The predicted molar refractivity (Wildman–Crippen MR) is 162 cm³/mol. The van der Waals surface area contributed by atoms with Crippen molar-refractivity contribution in [2.75, 3.05) is 13.7 Å². The van der Waals surface area contributed by atoms with Crippen molar-refractivity contribution in [3.05, 3.63) is 94.2 Å². The molecule has 1 aromatic heterocycles. The number of alkyl halides is 3. The van der Waals surface area contributed by atoms with Crippen LogP contribution < -0.4 is 0 Å². The molecule has 1 aliphatic rings. The summed E-state index contributed by atoms with van der Waals surface area (Å²) in [7, 11) is 1.32. The molecule has 1 saturated heterocycles. The van der Waals surface area contributed by atoms with E-state index >= 15 is 0 Å². The summed E-state index contributed by atoms with van der Waals surface area (Å²) in [6.45, 7) is 4.61. The van der Waals surface area contributed by atoms with Crippen LogP contribution >= 0.6 is 12.4 Å². The van der Waals surface area contributed by atoms with Crippen molar-refractivity contribution < 1.29 is 32.3 Å². The molecule has 0 N–H and O–H groups in total. The Labute approximate surface area is 260 Å². The maximum absolute atomic E-state index is 13.6. The Bertz CT molecular complexity index is 1480. The second kappa shape index (κ2) is 15.1. The zero-order valence-corrected chi connectivity index (χ0v) is 25.7. The molecule has 3 aromatic rings. The summed E-state index contributed by atoms with van der Waals surface area (Å²) < 4.78 is 46.1. The number of halogens is 4. The maximum Gasteiger partial charge on any atom is 0.416 e. The summed E-state index contributed by atoms with van der Waals surface area (Å²) in [5, 5.41) is 0. The van der Waals surface area contributed by atoms with Gasteiger partial charge in [-0.3, -0.25) is 14.6 Å². The highest BCUT2D eigenvalue weighted by molar-refractivity contribution is 6.13. The first-order valence-electron chi connectivity index (χ1n) is 14.3. The average molecular weight is 633 g/mol. The molecule has 0 atom stereocenters. The SMILES string of the molecule is CCCCc1ncc(C=C2C(=O)N(CCCC)C(=O)N2Cc2ccc(C(F)(F)F)cc2)n1Cc1ccc(C(=O)OC)cc1.Cl. The van der Waals surface area contributed by atoms with Gasteiger partial charge >= 0.3 is 18.2 Å². The van der Waals surface area contributed by atoms with E-state index in [4.69, 9.17) is 4.74 Å². The Kier molecular flexibility index (Phi) is 11.8. The number of hydrogen-bond donors (Lipinski definition) is 0. The van der Waals surface area contributed by atoms with E-state index in [1.54, 1.807) is 24.4 Å². The quantitative estimate of drug-likeness (QED) is 0.121. The number of unbranched alkanes of at least 4 members (excludes halogenated alkanes) is 2. The Morgan fingerprint density at radius 2 is 1.52 bits per heavy atom. The molecule has 2 aromatic carbocycles. The summed E-state index contributed by atoms with van der Waals surface area (Å²) in [5.41, 5.74) is 1.72. The molecule has 1 fully saturated rings. The number of hydrogen-bond acceptors (Lipinski definition) is 5. The third-order valence-electron chi connectivity index (χ3n) is 7.30. The van der Waals surface area contributed by atoms with Crippen LogP contribution in [0.25, 0.3) is 6.08 Å². The van der Waals surface area contributed by atoms with E-state index in [2.05, 4.69) is 11.9 Å². The molecule has 0 bridgehead atoms. The maximum atomic E-state index is 13.6. The number of aromatic nitrogens is 2. The van der Waals surface area contributed by atoms with Gasteiger partial charge in [0.2, 0.25) is 0 Å². The van der Waals surface area contributed by atoms with Crippen molar-refractivity contribution in [1.82, 2.24) is 19.4 Å². The lowest BCUT2D eigenvalue weighted by atomic mass is 10.1. The molecular formula is C32H36ClF3N4O4. The van der Waals surface area contributed by atoms with Crippen LogP contribution in [0.2, 0.25) is 0 Å². The van der Waals surface area contributed by atoms with E-state index in [0.717, 1.165) is 42.8 Å². The first-order chi connectivity index (χ1) is 20.6. The lowest BCUT2D eigenvalue weighted by Crippen LogP contribution is -2.33. The third-order valence-corrected chi connectivity index (χ3v) is 7.30. The highest BCUT2D eigenvalue weighted by Crippen LogP contribution is 2.31. The summed E-state index contributed by atoms with van der Waals surface area (Å²) in [6.07, 6.45) is 2.76. The Hall–Kier alpha value is -4.12. The van der Waals surface area contributed by atoms with Crippen LogP contribution in [0.1, 0.15) is 78.1 Å². The second-order valence-corrected chi connectivity index (χ2v) is 10.4. The third kappa shape index (κ3) is 7.88. The van der Waals surface area contributed by atoms with Crippen molar-refractivity contribution >= 4 is 36.4 Å². The molecule has 44 heavy (non-hydrogen) atoms. The number of aryl methyl sites for hydroxylation is 1. The Balaban J connectivity index is 0.00000529. The van der Waals surface area contributed by atoms with Gasteiger partial charge in [0, 0.05) is 19.5 Å². The minimum Gasteiger partial charge on any atom is -0.465 e. The zero-order valence-electron chi connectivity index (χ0n) is 24.9. The molecule has 0 radical (unpaired) electrons. The van der Waals surface area contributed by atoms with Crippen molar-refractivity contribution in [2.45, 2.75) is 65.2 Å². The first-order valence-corrected chi connectivity index (χ1v) is 14.3. The summed E-state index contributed by atoms with van der Waals surface area (Å²) in [4.78, 5) is 46.0. The van der Waals surface area contributed by atoms with E-state index in [0.29, 0.717) is 36.2 Å². The smallest absolute Gasteiger partial charge is 0.416 e. The number of carbonyl (C=O) groups is 3. The standard InChI is InChI=1S/C32H35F3N4O4.ClH/c1-4-6-8-28-36-19-26(38(28)20-22-9-13-24(14-10-22)30(41)43-3)18-27-29(40)37(17-7-5-2)31(42)39(27)21-23-11-15-25(16-12-23)32(33,34)35;/h9-16,18-19H,4-8,17,20-21H2,1-3H3;1H. The zero-order chi connectivity index (χ0) is 31.1. The number of ether oxygens (including phenoxy) is 1. The number of benzene rings is 2. The second-order valence-electron chi connectivity index (χ2n) is 10.4.